The van der Waals surface area contributed by atoms with Crippen molar-refractivity contribution in [2.75, 3.05) is 32.7 Å². The van der Waals surface area contributed by atoms with E-state index < -0.39 is 0 Å². The Balaban J connectivity index is 0.00000320. The molecule has 0 spiro atoms. The maximum Gasteiger partial charge on any atom is 0.225 e. The van der Waals surface area contributed by atoms with Gasteiger partial charge in [-0.1, -0.05) is 19.8 Å². The Morgan fingerprint density at radius 2 is 1.93 bits per heavy atom. The molecule has 0 aromatic rings. The van der Waals surface area contributed by atoms with Crippen LogP contribution in [-0.2, 0) is 9.59 Å². The number of guanidine groups is 1. The van der Waals surface area contributed by atoms with E-state index in [0.717, 1.165) is 70.7 Å². The van der Waals surface area contributed by atoms with E-state index in [0.29, 0.717) is 30.8 Å². The van der Waals surface area contributed by atoms with Crippen molar-refractivity contribution in [3.8, 4) is 0 Å². The van der Waals surface area contributed by atoms with Crippen molar-refractivity contribution < 1.29 is 9.59 Å². The lowest BCUT2D eigenvalue weighted by molar-refractivity contribution is -0.134. The first-order valence-corrected chi connectivity index (χ1v) is 11.8. The topological polar surface area (TPSA) is 77.0 Å². The minimum absolute atomic E-state index is 0. The molecule has 2 aliphatic heterocycles. The van der Waals surface area contributed by atoms with E-state index in [1.54, 1.807) is 0 Å². The Morgan fingerprint density at radius 1 is 1.17 bits per heavy atom. The number of nitrogens with one attached hydrogen (secondary N) is 2. The molecular weight excluding hydrogens is 493 g/mol. The largest absolute Gasteiger partial charge is 0.357 e. The van der Waals surface area contributed by atoms with Crippen molar-refractivity contribution in [2.24, 2.45) is 10.9 Å². The number of hydrogen-bond acceptors (Lipinski definition) is 3. The molecule has 3 rings (SSSR count). The molecule has 2 N–H and O–H groups in total. The summed E-state index contributed by atoms with van der Waals surface area (Å²) in [6.45, 7) is 8.25. The average Bonchev–Trinajstić information content (AvgIpc) is 3.47. The van der Waals surface area contributed by atoms with Gasteiger partial charge in [0.05, 0.1) is 0 Å². The highest BCUT2D eigenvalue weighted by Crippen LogP contribution is 2.27. The van der Waals surface area contributed by atoms with Crippen LogP contribution in [0.2, 0.25) is 0 Å². The van der Waals surface area contributed by atoms with E-state index in [1.165, 1.54) is 12.8 Å². The predicted octanol–water partition coefficient (Wildman–Crippen LogP) is 2.74. The van der Waals surface area contributed by atoms with Gasteiger partial charge in [-0.05, 0) is 45.4 Å². The van der Waals surface area contributed by atoms with Crippen LogP contribution in [0, 0.1) is 5.92 Å². The van der Waals surface area contributed by atoms with Crippen LogP contribution in [-0.4, -0.2) is 72.4 Å². The maximum absolute atomic E-state index is 12.7. The van der Waals surface area contributed by atoms with Gasteiger partial charge < -0.3 is 20.4 Å². The van der Waals surface area contributed by atoms with Crippen LogP contribution in [0.15, 0.2) is 4.99 Å². The van der Waals surface area contributed by atoms with E-state index in [9.17, 15) is 9.59 Å². The Hall–Kier alpha value is -1.06. The fourth-order valence-electron chi connectivity index (χ4n) is 4.98. The smallest absolute Gasteiger partial charge is 0.225 e. The summed E-state index contributed by atoms with van der Waals surface area (Å²) < 4.78 is 0. The molecule has 1 saturated carbocycles. The molecule has 0 aromatic heterocycles. The maximum atomic E-state index is 12.7. The summed E-state index contributed by atoms with van der Waals surface area (Å²) in [6, 6.07) is 0.558. The Labute approximate surface area is 198 Å². The monoisotopic (exact) mass is 533 g/mol. The highest BCUT2D eigenvalue weighted by Gasteiger charge is 2.32. The van der Waals surface area contributed by atoms with Gasteiger partial charge in [0.15, 0.2) is 5.96 Å². The molecule has 172 valence electrons. The number of aliphatic imine (C=N–C) groups is 1. The molecule has 2 heterocycles. The van der Waals surface area contributed by atoms with E-state index in [2.05, 4.69) is 24.5 Å². The number of amides is 2. The van der Waals surface area contributed by atoms with E-state index in [4.69, 9.17) is 4.99 Å². The third-order valence-electron chi connectivity index (χ3n) is 6.64. The third-order valence-corrected chi connectivity index (χ3v) is 6.64. The van der Waals surface area contributed by atoms with Crippen LogP contribution in [0.25, 0.3) is 0 Å². The first kappa shape index (κ1) is 25.2. The van der Waals surface area contributed by atoms with Crippen LogP contribution in [0.1, 0.15) is 71.6 Å². The van der Waals surface area contributed by atoms with Crippen LogP contribution in [0.5, 0.6) is 0 Å². The third kappa shape index (κ3) is 6.72. The second kappa shape index (κ2) is 12.7. The second-order valence-electron chi connectivity index (χ2n) is 8.70. The van der Waals surface area contributed by atoms with Crippen LogP contribution in [0.3, 0.4) is 0 Å². The predicted molar refractivity (Wildman–Crippen MR) is 131 cm³/mol. The normalized spacial score (nSPS) is 23.6. The van der Waals surface area contributed by atoms with Crippen molar-refractivity contribution >= 4 is 41.8 Å². The molecule has 2 amide bonds. The lowest BCUT2D eigenvalue weighted by atomic mass is 10.1. The highest BCUT2D eigenvalue weighted by atomic mass is 127. The lowest BCUT2D eigenvalue weighted by Crippen LogP contribution is -2.45. The molecule has 3 fully saturated rings. The van der Waals surface area contributed by atoms with Crippen molar-refractivity contribution in [1.82, 2.24) is 20.4 Å². The summed E-state index contributed by atoms with van der Waals surface area (Å²) in [5, 5.41) is 6.86. The number of carbonyl (C=O) groups is 2. The fraction of sp³-hybridized carbons (Fsp3) is 0.864. The molecule has 7 nitrogen and oxygen atoms in total. The van der Waals surface area contributed by atoms with Gasteiger partial charge in [0.1, 0.15) is 0 Å². The molecular formula is C22H40IN5O2. The molecule has 30 heavy (non-hydrogen) atoms. The molecule has 8 heteroatoms. The van der Waals surface area contributed by atoms with E-state index in [-0.39, 0.29) is 35.9 Å². The summed E-state index contributed by atoms with van der Waals surface area (Å²) in [5.41, 5.74) is 0. The minimum Gasteiger partial charge on any atom is -0.357 e. The van der Waals surface area contributed by atoms with Gasteiger partial charge in [-0.2, -0.15) is 0 Å². The van der Waals surface area contributed by atoms with Crippen LogP contribution < -0.4 is 10.6 Å². The number of rotatable bonds is 8. The summed E-state index contributed by atoms with van der Waals surface area (Å²) >= 11 is 0. The van der Waals surface area contributed by atoms with Crippen molar-refractivity contribution in [1.29, 1.82) is 0 Å². The zero-order chi connectivity index (χ0) is 20.6. The lowest BCUT2D eigenvalue weighted by Gasteiger charge is -2.26. The number of carbonyl (C=O) groups excluding carboxylic acids is 2. The summed E-state index contributed by atoms with van der Waals surface area (Å²) in [7, 11) is 0. The standard InChI is InChI=1S/C22H39N5O2.HI/c1-3-19(27-14-7-10-20(27)28)11-13-24-22(23-4-2)25-18-12-15-26(16-18)21(29)17-8-5-6-9-17;/h17-19H,3-16H2,1-2H3,(H2,23,24,25);1H. The quantitative estimate of drug-likeness (QED) is 0.286. The number of halogens is 1. The molecule has 3 aliphatic rings. The van der Waals surface area contributed by atoms with Gasteiger partial charge in [0.25, 0.3) is 0 Å². The van der Waals surface area contributed by atoms with Gasteiger partial charge in [-0.25, -0.2) is 0 Å². The second-order valence-corrected chi connectivity index (χ2v) is 8.70. The van der Waals surface area contributed by atoms with Crippen LogP contribution >= 0.6 is 24.0 Å². The zero-order valence-electron chi connectivity index (χ0n) is 18.7. The number of hydrogen-bond donors (Lipinski definition) is 2. The van der Waals surface area contributed by atoms with Crippen LogP contribution in [0.4, 0.5) is 0 Å². The Morgan fingerprint density at radius 3 is 2.57 bits per heavy atom. The van der Waals surface area contributed by atoms with Crippen molar-refractivity contribution in [3.05, 3.63) is 0 Å². The van der Waals surface area contributed by atoms with Gasteiger partial charge in [0, 0.05) is 57.1 Å². The molecule has 0 aromatic carbocycles. The van der Waals surface area contributed by atoms with Crippen molar-refractivity contribution in [3.63, 3.8) is 0 Å². The van der Waals surface area contributed by atoms with E-state index in [1.807, 2.05) is 9.80 Å². The SMILES string of the molecule is CCNC(=NCCC(CC)N1CCCC1=O)NC1CCN(C(=O)C2CCCC2)C1.I. The first-order chi connectivity index (χ1) is 14.1. The molecule has 2 atom stereocenters. The molecule has 0 radical (unpaired) electrons. The molecule has 2 saturated heterocycles. The molecule has 2 unspecified atom stereocenters. The van der Waals surface area contributed by atoms with Gasteiger partial charge in [0.2, 0.25) is 11.8 Å². The van der Waals surface area contributed by atoms with Crippen molar-refractivity contribution in [2.45, 2.75) is 83.7 Å². The zero-order valence-corrected chi connectivity index (χ0v) is 21.0. The number of likely N-dealkylation sites (tertiary alicyclic amines) is 2. The van der Waals surface area contributed by atoms with E-state index >= 15 is 0 Å². The van der Waals surface area contributed by atoms with Gasteiger partial charge in [-0.3, -0.25) is 14.6 Å². The summed E-state index contributed by atoms with van der Waals surface area (Å²) in [6.07, 6.45) is 9.06. The highest BCUT2D eigenvalue weighted by molar-refractivity contribution is 14.0. The molecule has 0 bridgehead atoms. The minimum atomic E-state index is 0. The molecule has 1 aliphatic carbocycles. The Kier molecular flexibility index (Phi) is 10.7. The fourth-order valence-corrected chi connectivity index (χ4v) is 4.98. The average molecular weight is 533 g/mol. The number of nitrogens with zero attached hydrogens (tertiary/aromatic N) is 3. The first-order valence-electron chi connectivity index (χ1n) is 11.8. The van der Waals surface area contributed by atoms with Gasteiger partial charge >= 0.3 is 0 Å². The summed E-state index contributed by atoms with van der Waals surface area (Å²) in [5.74, 6) is 1.74. The Bertz CT molecular complexity index is 594. The summed E-state index contributed by atoms with van der Waals surface area (Å²) in [4.78, 5) is 33.5. The van der Waals surface area contributed by atoms with Gasteiger partial charge in [-0.15, -0.1) is 24.0 Å².